The van der Waals surface area contributed by atoms with Gasteiger partial charge in [0, 0.05) is 35.5 Å². The molecule has 3 aromatic rings. The average Bonchev–Trinajstić information content (AvgIpc) is 3.45. The molecule has 1 aliphatic heterocycles. The van der Waals surface area contributed by atoms with E-state index in [4.69, 9.17) is 9.84 Å². The maximum Gasteiger partial charge on any atom is 0.426 e. The first-order valence-corrected chi connectivity index (χ1v) is 12.1. The standard InChI is InChI=1S/C26H24F3NO4S/c27-26(28,29)25-21(17-6-2-1-3-7-17)15-20(35-25)16-34-19-10-11-22-18(14-19)12-13-30(22)23(31)8-4-5-9-24(32)33/h1-3,6-7,10-11,14-15H,4-5,8-9,12-13,16H2,(H,32,33). The number of fused-ring (bicyclic) bond motifs is 1. The number of carbonyl (C=O) groups is 2. The number of alkyl halides is 3. The van der Waals surface area contributed by atoms with E-state index in [0.29, 0.717) is 53.3 Å². The Labute approximate surface area is 204 Å². The lowest BCUT2D eigenvalue weighted by atomic mass is 10.1. The van der Waals surface area contributed by atoms with Gasteiger partial charge in [-0.3, -0.25) is 9.59 Å². The first-order chi connectivity index (χ1) is 16.7. The van der Waals surface area contributed by atoms with Crippen LogP contribution in [0.3, 0.4) is 0 Å². The summed E-state index contributed by atoms with van der Waals surface area (Å²) in [5.74, 6) is -0.387. The number of anilines is 1. The van der Waals surface area contributed by atoms with Gasteiger partial charge in [-0.2, -0.15) is 13.2 Å². The number of thiophene rings is 1. The SMILES string of the molecule is O=C(O)CCCCC(=O)N1CCc2cc(OCc3cc(-c4ccccc4)c(C(F)(F)F)s3)ccc21. The number of benzene rings is 2. The third kappa shape index (κ3) is 6.03. The highest BCUT2D eigenvalue weighted by molar-refractivity contribution is 7.12. The second-order valence-corrected chi connectivity index (χ2v) is 9.43. The molecule has 0 saturated carbocycles. The summed E-state index contributed by atoms with van der Waals surface area (Å²) in [6.07, 6.45) is -2.49. The Morgan fingerprint density at radius 3 is 2.49 bits per heavy atom. The minimum atomic E-state index is -4.45. The van der Waals surface area contributed by atoms with E-state index in [-0.39, 0.29) is 30.9 Å². The van der Waals surface area contributed by atoms with Gasteiger partial charge in [-0.15, -0.1) is 11.3 Å². The van der Waals surface area contributed by atoms with Crippen molar-refractivity contribution in [3.8, 4) is 16.9 Å². The van der Waals surface area contributed by atoms with Crippen molar-refractivity contribution in [3.63, 3.8) is 0 Å². The van der Waals surface area contributed by atoms with E-state index in [1.165, 1.54) is 6.07 Å². The van der Waals surface area contributed by atoms with E-state index >= 15 is 0 Å². The number of nitrogens with zero attached hydrogens (tertiary/aromatic N) is 1. The molecular weight excluding hydrogens is 479 g/mol. The molecule has 0 radical (unpaired) electrons. The third-order valence-corrected chi connectivity index (χ3v) is 6.94. The number of hydrogen-bond acceptors (Lipinski definition) is 4. The van der Waals surface area contributed by atoms with Crippen molar-refractivity contribution in [3.05, 3.63) is 69.9 Å². The number of carbonyl (C=O) groups excluding carboxylic acids is 1. The Bertz CT molecular complexity index is 1210. The fraction of sp³-hybridized carbons (Fsp3) is 0.308. The molecule has 0 aliphatic carbocycles. The Morgan fingerprint density at radius 1 is 1.03 bits per heavy atom. The van der Waals surface area contributed by atoms with E-state index in [0.717, 1.165) is 11.3 Å². The summed E-state index contributed by atoms with van der Waals surface area (Å²) in [7, 11) is 0. The molecule has 0 atom stereocenters. The monoisotopic (exact) mass is 503 g/mol. The van der Waals surface area contributed by atoms with E-state index in [1.54, 1.807) is 47.4 Å². The van der Waals surface area contributed by atoms with E-state index in [2.05, 4.69) is 0 Å². The summed E-state index contributed by atoms with van der Waals surface area (Å²) in [5.41, 5.74) is 2.39. The quantitative estimate of drug-likeness (QED) is 0.337. The number of amides is 1. The molecule has 35 heavy (non-hydrogen) atoms. The molecule has 4 rings (SSSR count). The van der Waals surface area contributed by atoms with E-state index in [9.17, 15) is 22.8 Å². The molecule has 0 unspecified atom stereocenters. The highest BCUT2D eigenvalue weighted by Gasteiger charge is 2.36. The van der Waals surface area contributed by atoms with Crippen molar-refractivity contribution in [2.24, 2.45) is 0 Å². The van der Waals surface area contributed by atoms with Crippen LogP contribution in [0.25, 0.3) is 11.1 Å². The van der Waals surface area contributed by atoms with Crippen LogP contribution in [0, 0.1) is 0 Å². The summed E-state index contributed by atoms with van der Waals surface area (Å²) in [4.78, 5) is 24.7. The van der Waals surface area contributed by atoms with Gasteiger partial charge >= 0.3 is 12.1 Å². The maximum absolute atomic E-state index is 13.6. The van der Waals surface area contributed by atoms with Crippen LogP contribution in [0.4, 0.5) is 18.9 Å². The van der Waals surface area contributed by atoms with Crippen LogP contribution in [0.5, 0.6) is 5.75 Å². The molecule has 1 aliphatic rings. The zero-order valence-corrected chi connectivity index (χ0v) is 19.6. The molecule has 1 N–H and O–H groups in total. The van der Waals surface area contributed by atoms with Crippen molar-refractivity contribution in [2.75, 3.05) is 11.4 Å². The molecule has 5 nitrogen and oxygen atoms in total. The van der Waals surface area contributed by atoms with Gasteiger partial charge < -0.3 is 14.7 Å². The molecule has 0 bridgehead atoms. The molecule has 9 heteroatoms. The molecule has 2 aromatic carbocycles. The third-order valence-electron chi connectivity index (χ3n) is 5.79. The van der Waals surface area contributed by atoms with Crippen LogP contribution in [0.15, 0.2) is 54.6 Å². The molecule has 0 spiro atoms. The second kappa shape index (κ2) is 10.5. The van der Waals surface area contributed by atoms with E-state index < -0.39 is 17.0 Å². The number of unbranched alkanes of at least 4 members (excludes halogenated alkanes) is 1. The number of carboxylic acids is 1. The second-order valence-electron chi connectivity index (χ2n) is 8.29. The zero-order valence-electron chi connectivity index (χ0n) is 18.8. The Morgan fingerprint density at radius 2 is 1.77 bits per heavy atom. The Balaban J connectivity index is 1.41. The Hall–Kier alpha value is -3.33. The fourth-order valence-corrected chi connectivity index (χ4v) is 5.08. The molecule has 184 valence electrons. The van der Waals surface area contributed by atoms with Gasteiger partial charge in [0.1, 0.15) is 17.2 Å². The van der Waals surface area contributed by atoms with Gasteiger partial charge in [0.25, 0.3) is 0 Å². The van der Waals surface area contributed by atoms with Crippen LogP contribution in [-0.2, 0) is 28.8 Å². The van der Waals surface area contributed by atoms with Crippen molar-refractivity contribution in [1.82, 2.24) is 0 Å². The lowest BCUT2D eigenvalue weighted by molar-refractivity contribution is -0.137. The summed E-state index contributed by atoms with van der Waals surface area (Å²) in [5, 5.41) is 8.71. The van der Waals surface area contributed by atoms with Crippen molar-refractivity contribution >= 4 is 28.9 Å². The molecule has 0 fully saturated rings. The first kappa shape index (κ1) is 24.8. The Kier molecular flexibility index (Phi) is 7.45. The van der Waals surface area contributed by atoms with Gasteiger partial charge in [0.15, 0.2) is 0 Å². The summed E-state index contributed by atoms with van der Waals surface area (Å²) >= 11 is 0.682. The number of rotatable bonds is 9. The number of carboxylic acid groups (broad SMARTS) is 1. The van der Waals surface area contributed by atoms with Crippen molar-refractivity contribution in [2.45, 2.75) is 44.9 Å². The minimum Gasteiger partial charge on any atom is -0.488 e. The number of hydrogen-bond donors (Lipinski definition) is 1. The molecule has 1 aromatic heterocycles. The van der Waals surface area contributed by atoms with Gasteiger partial charge in [0.2, 0.25) is 5.91 Å². The van der Waals surface area contributed by atoms with E-state index in [1.807, 2.05) is 6.07 Å². The highest BCUT2D eigenvalue weighted by Crippen LogP contribution is 2.43. The van der Waals surface area contributed by atoms with Crippen LogP contribution in [0.1, 0.15) is 41.0 Å². The average molecular weight is 504 g/mol. The van der Waals surface area contributed by atoms with Gasteiger partial charge in [-0.05, 0) is 54.7 Å². The maximum atomic E-state index is 13.6. The van der Waals surface area contributed by atoms with Crippen LogP contribution >= 0.6 is 11.3 Å². The number of aliphatic carboxylic acids is 1. The number of halogens is 3. The fourth-order valence-electron chi connectivity index (χ4n) is 4.12. The first-order valence-electron chi connectivity index (χ1n) is 11.3. The molecular formula is C26H24F3NO4S. The molecule has 1 amide bonds. The topological polar surface area (TPSA) is 66.8 Å². The summed E-state index contributed by atoms with van der Waals surface area (Å²) < 4.78 is 46.6. The smallest absolute Gasteiger partial charge is 0.426 e. The highest BCUT2D eigenvalue weighted by atomic mass is 32.1. The van der Waals surface area contributed by atoms with Crippen molar-refractivity contribution < 1.29 is 32.6 Å². The largest absolute Gasteiger partial charge is 0.488 e. The summed E-state index contributed by atoms with van der Waals surface area (Å²) in [6, 6.07) is 15.3. The van der Waals surface area contributed by atoms with Crippen LogP contribution < -0.4 is 9.64 Å². The predicted molar refractivity (Wildman–Crippen MR) is 128 cm³/mol. The minimum absolute atomic E-state index is 0.00554. The zero-order chi connectivity index (χ0) is 25.0. The van der Waals surface area contributed by atoms with Crippen LogP contribution in [-0.4, -0.2) is 23.5 Å². The summed E-state index contributed by atoms with van der Waals surface area (Å²) in [6.45, 7) is 0.544. The molecule has 0 saturated heterocycles. The van der Waals surface area contributed by atoms with Gasteiger partial charge in [0.05, 0.1) is 0 Å². The van der Waals surface area contributed by atoms with Gasteiger partial charge in [-0.1, -0.05) is 30.3 Å². The normalized spacial score (nSPS) is 13.1. The molecule has 2 heterocycles. The lowest BCUT2D eigenvalue weighted by Gasteiger charge is -2.17. The lowest BCUT2D eigenvalue weighted by Crippen LogP contribution is -2.28. The van der Waals surface area contributed by atoms with Gasteiger partial charge in [-0.25, -0.2) is 0 Å². The van der Waals surface area contributed by atoms with Crippen molar-refractivity contribution in [1.29, 1.82) is 0 Å². The van der Waals surface area contributed by atoms with Crippen LogP contribution in [0.2, 0.25) is 0 Å². The number of ether oxygens (including phenoxy) is 1. The predicted octanol–water partition coefficient (Wildman–Crippen LogP) is 6.55.